The first-order valence-electron chi connectivity index (χ1n) is 12.2. The minimum atomic E-state index is -4.04. The van der Waals surface area contributed by atoms with Crippen LogP contribution in [0.25, 0.3) is 11.0 Å². The van der Waals surface area contributed by atoms with Gasteiger partial charge in [0, 0.05) is 17.7 Å². The van der Waals surface area contributed by atoms with E-state index in [4.69, 9.17) is 19.7 Å². The molecule has 1 heterocycles. The molecule has 0 atom stereocenters. The van der Waals surface area contributed by atoms with Crippen molar-refractivity contribution in [3.8, 4) is 17.6 Å². The predicted molar refractivity (Wildman–Crippen MR) is 151 cm³/mol. The van der Waals surface area contributed by atoms with Crippen LogP contribution in [0.4, 0.5) is 17.3 Å². The minimum Gasteiger partial charge on any atom is -0.497 e. The Labute approximate surface area is 228 Å². The van der Waals surface area contributed by atoms with Crippen LogP contribution in [0.2, 0.25) is 0 Å². The van der Waals surface area contributed by atoms with Crippen LogP contribution in [0.15, 0.2) is 65.6 Å². The zero-order valence-electron chi connectivity index (χ0n) is 22.2. The van der Waals surface area contributed by atoms with Crippen LogP contribution in [0.3, 0.4) is 0 Å². The van der Waals surface area contributed by atoms with E-state index in [1.807, 2.05) is 38.4 Å². The summed E-state index contributed by atoms with van der Waals surface area (Å²) >= 11 is 0. The molecule has 0 aliphatic heterocycles. The number of aromatic nitrogens is 2. The van der Waals surface area contributed by atoms with Crippen molar-refractivity contribution in [2.75, 3.05) is 44.9 Å². The lowest BCUT2D eigenvalue weighted by molar-refractivity contribution is 0.384. The largest absolute Gasteiger partial charge is 0.497 e. The number of methoxy groups -OCH3 is 2. The Balaban J connectivity index is 1.79. The molecule has 0 radical (unpaired) electrons. The first-order chi connectivity index (χ1) is 18.7. The van der Waals surface area contributed by atoms with E-state index >= 15 is 0 Å². The van der Waals surface area contributed by atoms with Gasteiger partial charge in [-0.05, 0) is 69.9 Å². The molecule has 0 saturated heterocycles. The Morgan fingerprint density at radius 1 is 0.949 bits per heavy atom. The van der Waals surface area contributed by atoms with Crippen molar-refractivity contribution < 1.29 is 17.9 Å². The molecule has 1 aromatic heterocycles. The average Bonchev–Trinajstić information content (AvgIpc) is 2.93. The molecule has 11 heteroatoms. The highest BCUT2D eigenvalue weighted by atomic mass is 32.2. The van der Waals surface area contributed by atoms with E-state index in [9.17, 15) is 8.42 Å². The molecule has 10 nitrogen and oxygen atoms in total. The lowest BCUT2D eigenvalue weighted by Crippen LogP contribution is -2.16. The summed E-state index contributed by atoms with van der Waals surface area (Å²) in [5.41, 5.74) is 3.03. The van der Waals surface area contributed by atoms with E-state index in [1.165, 1.54) is 24.3 Å². The number of nitrogens with zero attached hydrogens (tertiary/aromatic N) is 4. The van der Waals surface area contributed by atoms with E-state index < -0.39 is 10.0 Å². The Morgan fingerprint density at radius 2 is 1.62 bits per heavy atom. The zero-order valence-corrected chi connectivity index (χ0v) is 23.0. The quantitative estimate of drug-likeness (QED) is 0.278. The Hall–Kier alpha value is -4.40. The standard InChI is InChI=1S/C28H30N6O4S/c1-34(2)15-7-8-22-25(16-20(37-3)17-26(22)38-4)32-27-28(31-24-10-6-5-9-23(24)30-27)33-39(35,36)21-13-11-19(18-29)12-14-21/h5-6,9-14,16-17H,7-8,15H2,1-4H3,(H,30,32)(H,31,33). The highest BCUT2D eigenvalue weighted by Gasteiger charge is 2.21. The van der Waals surface area contributed by atoms with Crippen molar-refractivity contribution in [3.05, 3.63) is 71.8 Å². The number of benzene rings is 3. The number of nitriles is 1. The molecule has 4 rings (SSSR count). The molecular weight excluding hydrogens is 516 g/mol. The van der Waals surface area contributed by atoms with Crippen LogP contribution in [0.5, 0.6) is 11.5 Å². The molecular formula is C28H30N6O4S. The molecule has 39 heavy (non-hydrogen) atoms. The van der Waals surface area contributed by atoms with E-state index in [-0.39, 0.29) is 16.5 Å². The van der Waals surface area contributed by atoms with Crippen LogP contribution in [-0.2, 0) is 16.4 Å². The number of nitrogens with one attached hydrogen (secondary N) is 2. The fourth-order valence-electron chi connectivity index (χ4n) is 4.04. The summed E-state index contributed by atoms with van der Waals surface area (Å²) in [4.78, 5) is 11.4. The van der Waals surface area contributed by atoms with E-state index in [0.29, 0.717) is 40.2 Å². The molecule has 0 spiro atoms. The lowest BCUT2D eigenvalue weighted by atomic mass is 10.0. The summed E-state index contributed by atoms with van der Waals surface area (Å²) in [5.74, 6) is 1.46. The maximum absolute atomic E-state index is 13.3. The molecule has 0 aliphatic rings. The van der Waals surface area contributed by atoms with Gasteiger partial charge in [-0.3, -0.25) is 4.72 Å². The highest BCUT2D eigenvalue weighted by Crippen LogP contribution is 2.36. The molecule has 2 N–H and O–H groups in total. The van der Waals surface area contributed by atoms with Crippen molar-refractivity contribution >= 4 is 38.4 Å². The molecule has 0 unspecified atom stereocenters. The predicted octanol–water partition coefficient (Wildman–Crippen LogP) is 4.56. The van der Waals surface area contributed by atoms with Gasteiger partial charge in [0.15, 0.2) is 11.6 Å². The molecule has 0 amide bonds. The number of ether oxygens (including phenoxy) is 2. The van der Waals surface area contributed by atoms with Gasteiger partial charge in [-0.1, -0.05) is 12.1 Å². The minimum absolute atomic E-state index is 0.00478. The van der Waals surface area contributed by atoms with Crippen molar-refractivity contribution in [3.63, 3.8) is 0 Å². The fourth-order valence-corrected chi connectivity index (χ4v) is 5.05. The van der Waals surface area contributed by atoms with E-state index in [0.717, 1.165) is 18.5 Å². The second-order valence-corrected chi connectivity index (χ2v) is 10.7. The summed E-state index contributed by atoms with van der Waals surface area (Å²) in [5, 5.41) is 12.4. The van der Waals surface area contributed by atoms with Crippen LogP contribution < -0.4 is 19.5 Å². The third-order valence-corrected chi connectivity index (χ3v) is 7.37. The summed E-state index contributed by atoms with van der Waals surface area (Å²) in [7, 11) is 3.16. The monoisotopic (exact) mass is 546 g/mol. The number of anilines is 3. The third-order valence-electron chi connectivity index (χ3n) is 6.02. The Kier molecular flexibility index (Phi) is 8.49. The number of sulfonamides is 1. The van der Waals surface area contributed by atoms with E-state index in [1.54, 1.807) is 32.4 Å². The fraction of sp³-hybridized carbons (Fsp3) is 0.250. The van der Waals surface area contributed by atoms with Crippen LogP contribution in [-0.4, -0.2) is 58.1 Å². The van der Waals surface area contributed by atoms with Gasteiger partial charge in [0.25, 0.3) is 10.0 Å². The topological polar surface area (TPSA) is 129 Å². The van der Waals surface area contributed by atoms with Gasteiger partial charge in [0.2, 0.25) is 0 Å². The third kappa shape index (κ3) is 6.54. The van der Waals surface area contributed by atoms with Crippen LogP contribution >= 0.6 is 0 Å². The maximum Gasteiger partial charge on any atom is 0.263 e. The number of rotatable bonds is 11. The molecule has 0 fully saturated rings. The zero-order chi connectivity index (χ0) is 28.0. The average molecular weight is 547 g/mol. The smallest absolute Gasteiger partial charge is 0.263 e. The normalized spacial score (nSPS) is 11.3. The van der Waals surface area contributed by atoms with Gasteiger partial charge in [-0.2, -0.15) is 5.26 Å². The van der Waals surface area contributed by atoms with Crippen molar-refractivity contribution in [1.29, 1.82) is 5.26 Å². The summed E-state index contributed by atoms with van der Waals surface area (Å²) in [6.07, 6.45) is 1.56. The lowest BCUT2D eigenvalue weighted by Gasteiger charge is -2.19. The van der Waals surface area contributed by atoms with Gasteiger partial charge >= 0.3 is 0 Å². The highest BCUT2D eigenvalue weighted by molar-refractivity contribution is 7.92. The van der Waals surface area contributed by atoms with Crippen molar-refractivity contribution in [1.82, 2.24) is 14.9 Å². The first-order valence-corrected chi connectivity index (χ1v) is 13.7. The molecule has 0 bridgehead atoms. The summed E-state index contributed by atoms with van der Waals surface area (Å²) < 4.78 is 40.3. The van der Waals surface area contributed by atoms with Gasteiger partial charge in [-0.15, -0.1) is 0 Å². The number of hydrogen-bond donors (Lipinski definition) is 2. The van der Waals surface area contributed by atoms with Crippen molar-refractivity contribution in [2.45, 2.75) is 17.7 Å². The number of para-hydroxylation sites is 2. The maximum atomic E-state index is 13.3. The van der Waals surface area contributed by atoms with Crippen molar-refractivity contribution in [2.24, 2.45) is 0 Å². The molecule has 3 aromatic carbocycles. The molecule has 0 saturated carbocycles. The van der Waals surface area contributed by atoms with Crippen LogP contribution in [0, 0.1) is 11.3 Å². The number of hydrogen-bond acceptors (Lipinski definition) is 9. The molecule has 202 valence electrons. The second kappa shape index (κ2) is 12.0. The summed E-state index contributed by atoms with van der Waals surface area (Å²) in [6, 6.07) is 18.5. The van der Waals surface area contributed by atoms with Gasteiger partial charge < -0.3 is 19.7 Å². The first kappa shape index (κ1) is 27.6. The second-order valence-electron chi connectivity index (χ2n) is 9.04. The SMILES string of the molecule is COc1cc(Nc2nc3ccccc3nc2NS(=O)(=O)c2ccc(C#N)cc2)c(CCCN(C)C)c(OC)c1. The number of fused-ring (bicyclic) bond motifs is 1. The van der Waals surface area contributed by atoms with Gasteiger partial charge in [0.05, 0.1) is 47.5 Å². The molecule has 0 aliphatic carbocycles. The summed E-state index contributed by atoms with van der Waals surface area (Å²) in [6.45, 7) is 0.875. The Morgan fingerprint density at radius 3 is 2.21 bits per heavy atom. The van der Waals surface area contributed by atoms with Gasteiger partial charge in [0.1, 0.15) is 11.5 Å². The van der Waals surface area contributed by atoms with Crippen LogP contribution in [0.1, 0.15) is 17.5 Å². The van der Waals surface area contributed by atoms with Gasteiger partial charge in [-0.25, -0.2) is 18.4 Å². The Bertz CT molecular complexity index is 1620. The molecule has 4 aromatic rings. The van der Waals surface area contributed by atoms with E-state index in [2.05, 4.69) is 19.9 Å².